The minimum absolute atomic E-state index is 0.0385. The maximum atomic E-state index is 11.7. The summed E-state index contributed by atoms with van der Waals surface area (Å²) in [6, 6.07) is 0. The number of ether oxygens (including phenoxy) is 8. The van der Waals surface area contributed by atoms with E-state index in [-0.39, 0.29) is 13.2 Å². The van der Waals surface area contributed by atoms with E-state index >= 15 is 0 Å². The standard InChI is InChI=1S/C17H30O11/c1-21-9-7-26-14(16(19)20)13(11(9)23-3)28-17-15(25-5)12(24-4)10(22-2)8(6-18)27-17/h8-15,17-18H,6-7H2,1-5H3,(H,19,20)/t8?,9?,10-,11?,12?,13-,14?,15?,17+/m1/s1. The molecule has 2 N–H and O–H groups in total. The third-order valence-corrected chi connectivity index (χ3v) is 5.13. The molecule has 2 aliphatic rings. The molecule has 0 aromatic heterocycles. The predicted molar refractivity (Wildman–Crippen MR) is 92.0 cm³/mol. The van der Waals surface area contributed by atoms with Gasteiger partial charge in [-0.3, -0.25) is 0 Å². The third kappa shape index (κ3) is 4.64. The van der Waals surface area contributed by atoms with E-state index in [1.165, 1.54) is 35.5 Å². The first-order valence-electron chi connectivity index (χ1n) is 8.87. The number of aliphatic hydroxyl groups is 1. The van der Waals surface area contributed by atoms with E-state index in [0.717, 1.165) is 0 Å². The monoisotopic (exact) mass is 410 g/mol. The Bertz CT molecular complexity index is 490. The molecule has 0 aromatic carbocycles. The summed E-state index contributed by atoms with van der Waals surface area (Å²) < 4.78 is 44.4. The second-order valence-electron chi connectivity index (χ2n) is 6.49. The fourth-order valence-electron chi connectivity index (χ4n) is 3.71. The van der Waals surface area contributed by atoms with E-state index in [2.05, 4.69) is 0 Å². The number of methoxy groups -OCH3 is 5. The van der Waals surface area contributed by atoms with Crippen molar-refractivity contribution in [2.75, 3.05) is 48.8 Å². The molecule has 6 unspecified atom stereocenters. The highest BCUT2D eigenvalue weighted by molar-refractivity contribution is 5.73. The number of hydrogen-bond donors (Lipinski definition) is 2. The normalized spacial score (nSPS) is 41.7. The molecule has 0 aliphatic carbocycles. The Labute approximate surface area is 163 Å². The lowest BCUT2D eigenvalue weighted by atomic mass is 9.96. The van der Waals surface area contributed by atoms with Gasteiger partial charge in [0.05, 0.1) is 13.2 Å². The van der Waals surface area contributed by atoms with Crippen LogP contribution in [0.1, 0.15) is 0 Å². The van der Waals surface area contributed by atoms with Gasteiger partial charge in [-0.1, -0.05) is 0 Å². The van der Waals surface area contributed by atoms with Crippen LogP contribution in [0.15, 0.2) is 0 Å². The van der Waals surface area contributed by atoms with Gasteiger partial charge in [-0.15, -0.1) is 0 Å². The van der Waals surface area contributed by atoms with Crippen LogP contribution in [0.3, 0.4) is 0 Å². The van der Waals surface area contributed by atoms with Crippen LogP contribution in [0.25, 0.3) is 0 Å². The molecule has 11 nitrogen and oxygen atoms in total. The van der Waals surface area contributed by atoms with Crippen LogP contribution in [-0.4, -0.2) is 120 Å². The van der Waals surface area contributed by atoms with Crippen LogP contribution in [0, 0.1) is 0 Å². The van der Waals surface area contributed by atoms with Crippen molar-refractivity contribution in [3.05, 3.63) is 0 Å². The minimum atomic E-state index is -1.30. The summed E-state index contributed by atoms with van der Waals surface area (Å²) in [5, 5.41) is 19.2. The first-order valence-corrected chi connectivity index (χ1v) is 8.87. The van der Waals surface area contributed by atoms with Crippen LogP contribution in [0.2, 0.25) is 0 Å². The molecule has 0 aromatic rings. The van der Waals surface area contributed by atoms with Crippen molar-refractivity contribution in [3.8, 4) is 0 Å². The molecule has 0 radical (unpaired) electrons. The number of carboxylic acid groups (broad SMARTS) is 1. The van der Waals surface area contributed by atoms with E-state index < -0.39 is 61.1 Å². The van der Waals surface area contributed by atoms with E-state index in [0.29, 0.717) is 0 Å². The van der Waals surface area contributed by atoms with Gasteiger partial charge in [0.15, 0.2) is 12.4 Å². The van der Waals surface area contributed by atoms with Crippen molar-refractivity contribution in [2.24, 2.45) is 0 Å². The van der Waals surface area contributed by atoms with Crippen LogP contribution >= 0.6 is 0 Å². The highest BCUT2D eigenvalue weighted by Gasteiger charge is 2.52. The van der Waals surface area contributed by atoms with Crippen molar-refractivity contribution >= 4 is 5.97 Å². The minimum Gasteiger partial charge on any atom is -0.479 e. The molecule has 2 rings (SSSR count). The summed E-state index contributed by atoms with van der Waals surface area (Å²) in [6.45, 7) is -0.316. The number of rotatable bonds is 9. The largest absolute Gasteiger partial charge is 0.479 e. The number of carboxylic acids is 1. The van der Waals surface area contributed by atoms with E-state index in [1.54, 1.807) is 0 Å². The molecule has 2 saturated heterocycles. The van der Waals surface area contributed by atoms with Gasteiger partial charge in [0.2, 0.25) is 0 Å². The summed E-state index contributed by atoms with van der Waals surface area (Å²) in [6.07, 6.45) is -7.44. The molecule has 11 heteroatoms. The van der Waals surface area contributed by atoms with Crippen molar-refractivity contribution < 1.29 is 52.9 Å². The molecule has 9 atom stereocenters. The zero-order valence-electron chi connectivity index (χ0n) is 16.7. The van der Waals surface area contributed by atoms with Gasteiger partial charge in [-0.05, 0) is 0 Å². The predicted octanol–water partition coefficient (Wildman–Crippen LogP) is -1.35. The average Bonchev–Trinajstić information content (AvgIpc) is 2.71. The fourth-order valence-corrected chi connectivity index (χ4v) is 3.71. The highest BCUT2D eigenvalue weighted by atomic mass is 16.7. The molecule has 2 heterocycles. The molecule has 2 fully saturated rings. The summed E-state index contributed by atoms with van der Waals surface area (Å²) in [4.78, 5) is 11.7. The lowest BCUT2D eigenvalue weighted by Crippen LogP contribution is -2.65. The Morgan fingerprint density at radius 3 is 1.96 bits per heavy atom. The Kier molecular flexibility index (Phi) is 8.99. The Morgan fingerprint density at radius 2 is 1.50 bits per heavy atom. The van der Waals surface area contributed by atoms with Crippen LogP contribution in [-0.2, 0) is 42.7 Å². The van der Waals surface area contributed by atoms with Crippen LogP contribution in [0.5, 0.6) is 0 Å². The average molecular weight is 410 g/mol. The van der Waals surface area contributed by atoms with Crippen molar-refractivity contribution in [2.45, 2.75) is 55.1 Å². The maximum absolute atomic E-state index is 11.7. The topological polar surface area (TPSA) is 131 Å². The third-order valence-electron chi connectivity index (χ3n) is 5.13. The Balaban J connectivity index is 2.30. The molecule has 2 aliphatic heterocycles. The molecule has 0 amide bonds. The number of hydrogen-bond acceptors (Lipinski definition) is 10. The molecule has 0 bridgehead atoms. The van der Waals surface area contributed by atoms with Gasteiger partial charge < -0.3 is 48.1 Å². The lowest BCUT2D eigenvalue weighted by molar-refractivity contribution is -0.342. The molecule has 28 heavy (non-hydrogen) atoms. The maximum Gasteiger partial charge on any atom is 0.335 e. The summed E-state index contributed by atoms with van der Waals surface area (Å²) in [5.74, 6) is -1.21. The highest BCUT2D eigenvalue weighted by Crippen LogP contribution is 2.31. The quantitative estimate of drug-likeness (QED) is 0.467. The first-order chi connectivity index (χ1) is 13.5. The van der Waals surface area contributed by atoms with Crippen molar-refractivity contribution in [1.82, 2.24) is 0 Å². The van der Waals surface area contributed by atoms with Crippen molar-refractivity contribution in [1.29, 1.82) is 0 Å². The van der Waals surface area contributed by atoms with Crippen LogP contribution in [0.4, 0.5) is 0 Å². The second-order valence-corrected chi connectivity index (χ2v) is 6.49. The van der Waals surface area contributed by atoms with Crippen molar-refractivity contribution in [3.63, 3.8) is 0 Å². The first kappa shape index (κ1) is 23.4. The van der Waals surface area contributed by atoms with Gasteiger partial charge in [0, 0.05) is 35.5 Å². The van der Waals surface area contributed by atoms with Gasteiger partial charge in [0.1, 0.15) is 42.7 Å². The van der Waals surface area contributed by atoms with E-state index in [9.17, 15) is 15.0 Å². The SMILES string of the molecule is COC1COC(C(=O)O)[C@H](O[C@@H]2OC(CO)[C@@H](OC)C(OC)C2OC)C1OC. The number of aliphatic hydroxyl groups excluding tert-OH is 1. The molecule has 0 saturated carbocycles. The zero-order valence-corrected chi connectivity index (χ0v) is 16.7. The Hall–Kier alpha value is -0.890. The lowest BCUT2D eigenvalue weighted by Gasteiger charge is -2.47. The van der Waals surface area contributed by atoms with Gasteiger partial charge in [-0.25, -0.2) is 4.79 Å². The molecule has 0 spiro atoms. The number of carbonyl (C=O) groups is 1. The fraction of sp³-hybridized carbons (Fsp3) is 0.941. The molecule has 164 valence electrons. The van der Waals surface area contributed by atoms with Gasteiger partial charge in [-0.2, -0.15) is 0 Å². The Morgan fingerprint density at radius 1 is 0.893 bits per heavy atom. The smallest absolute Gasteiger partial charge is 0.335 e. The van der Waals surface area contributed by atoms with Crippen LogP contribution < -0.4 is 0 Å². The summed E-state index contributed by atoms with van der Waals surface area (Å²) in [7, 11) is 7.29. The van der Waals surface area contributed by atoms with Gasteiger partial charge >= 0.3 is 5.97 Å². The summed E-state index contributed by atoms with van der Waals surface area (Å²) in [5.41, 5.74) is 0. The summed E-state index contributed by atoms with van der Waals surface area (Å²) >= 11 is 0. The second kappa shape index (κ2) is 10.8. The molecular formula is C17H30O11. The molecular weight excluding hydrogens is 380 g/mol. The van der Waals surface area contributed by atoms with Gasteiger partial charge in [0.25, 0.3) is 0 Å². The van der Waals surface area contributed by atoms with E-state index in [1.807, 2.05) is 0 Å². The zero-order chi connectivity index (χ0) is 20.8. The van der Waals surface area contributed by atoms with E-state index in [4.69, 9.17) is 37.9 Å². The number of aliphatic carboxylic acids is 1.